The van der Waals surface area contributed by atoms with E-state index >= 15 is 4.39 Å². The Morgan fingerprint density at radius 3 is 2.63 bits per heavy atom. The number of H-pyrrole nitrogens is 1. The van der Waals surface area contributed by atoms with E-state index in [0.717, 1.165) is 48.9 Å². The molecule has 1 atom stereocenters. The van der Waals surface area contributed by atoms with Gasteiger partial charge in [-0.05, 0) is 48.7 Å². The van der Waals surface area contributed by atoms with Gasteiger partial charge in [-0.3, -0.25) is 4.79 Å². The second-order valence-electron chi connectivity index (χ2n) is 8.15. The van der Waals surface area contributed by atoms with E-state index in [4.69, 9.17) is 11.6 Å². The number of nitrogens with one attached hydrogen (secondary N) is 2. The lowest BCUT2D eigenvalue weighted by molar-refractivity contribution is 0.103. The molecule has 2 aromatic carbocycles. The van der Waals surface area contributed by atoms with Crippen molar-refractivity contribution in [2.24, 2.45) is 0 Å². The first-order chi connectivity index (χ1) is 16.9. The van der Waals surface area contributed by atoms with E-state index < -0.39 is 34.3 Å². The van der Waals surface area contributed by atoms with E-state index in [0.29, 0.717) is 21.8 Å². The Hall–Kier alpha value is -2.94. The smallest absolute Gasteiger partial charge is 0.201 e. The van der Waals surface area contributed by atoms with Crippen molar-refractivity contribution in [2.75, 3.05) is 10.5 Å². The zero-order chi connectivity index (χ0) is 24.9. The minimum absolute atomic E-state index is 0.0824. The fourth-order valence-electron chi connectivity index (χ4n) is 3.80. The van der Waals surface area contributed by atoms with Gasteiger partial charge in [-0.25, -0.2) is 18.5 Å². The number of benzene rings is 2. The normalized spacial score (nSPS) is 12.1. The molecule has 0 amide bonds. The third kappa shape index (κ3) is 5.66. The first kappa shape index (κ1) is 25.2. The van der Waals surface area contributed by atoms with E-state index in [1.165, 1.54) is 6.20 Å². The van der Waals surface area contributed by atoms with Gasteiger partial charge in [0.25, 0.3) is 0 Å². The molecule has 1 unspecified atom stereocenters. The summed E-state index contributed by atoms with van der Waals surface area (Å²) in [7, 11) is 0. The van der Waals surface area contributed by atoms with Crippen LogP contribution in [0.15, 0.2) is 54.9 Å². The third-order valence-electron chi connectivity index (χ3n) is 5.68. The molecule has 2 heterocycles. The van der Waals surface area contributed by atoms with E-state index in [2.05, 4.69) is 21.6 Å². The summed E-state index contributed by atoms with van der Waals surface area (Å²) in [4.78, 5) is 20.5. The Kier molecular flexibility index (Phi) is 8.05. The first-order valence-corrected chi connectivity index (χ1v) is 13.0. The van der Waals surface area contributed by atoms with E-state index in [-0.39, 0.29) is 11.3 Å². The highest BCUT2D eigenvalue weighted by Gasteiger charge is 2.26. The van der Waals surface area contributed by atoms with Crippen molar-refractivity contribution < 1.29 is 18.1 Å². The van der Waals surface area contributed by atoms with Gasteiger partial charge in [-0.2, -0.15) is 0 Å². The lowest BCUT2D eigenvalue weighted by atomic mass is 10.00. The summed E-state index contributed by atoms with van der Waals surface area (Å²) < 4.78 is 44.8. The van der Waals surface area contributed by atoms with Crippen LogP contribution in [0.4, 0.5) is 14.5 Å². The molecule has 4 aromatic rings. The summed E-state index contributed by atoms with van der Waals surface area (Å²) in [6.45, 7) is 2.07. The maximum atomic E-state index is 15.3. The molecule has 0 bridgehead atoms. The highest BCUT2D eigenvalue weighted by molar-refractivity contribution is 7.92. The van der Waals surface area contributed by atoms with Crippen LogP contribution in [-0.2, 0) is 11.4 Å². The lowest BCUT2D eigenvalue weighted by Crippen LogP contribution is -2.19. The molecule has 0 saturated carbocycles. The zero-order valence-corrected chi connectivity index (χ0v) is 20.6. The molecule has 0 aliphatic heterocycles. The summed E-state index contributed by atoms with van der Waals surface area (Å²) in [6.07, 6.45) is 6.74. The third-order valence-corrected chi connectivity index (χ3v) is 7.04. The van der Waals surface area contributed by atoms with Gasteiger partial charge in [0.05, 0.1) is 16.9 Å². The number of halogens is 3. The largest absolute Gasteiger partial charge is 0.593 e. The SMILES string of the molecule is CCCCCC[S+]([O-])Nc1ccc(F)c(C(=O)c2c[nH]c3ncc(-c4ccc(Cl)cc4)cc23)c1F. The predicted octanol–water partition coefficient (Wildman–Crippen LogP) is 7.05. The van der Waals surface area contributed by atoms with Crippen LogP contribution in [0.3, 0.4) is 0 Å². The molecule has 0 fully saturated rings. The Labute approximate surface area is 210 Å². The van der Waals surface area contributed by atoms with Crippen molar-refractivity contribution in [3.8, 4) is 11.1 Å². The van der Waals surface area contributed by atoms with Gasteiger partial charge >= 0.3 is 0 Å². The number of hydrogen-bond donors (Lipinski definition) is 2. The van der Waals surface area contributed by atoms with Gasteiger partial charge in [0, 0.05) is 33.9 Å². The zero-order valence-electron chi connectivity index (χ0n) is 19.0. The molecule has 0 spiro atoms. The average molecular weight is 516 g/mol. The maximum absolute atomic E-state index is 15.3. The van der Waals surface area contributed by atoms with Gasteiger partial charge in [-0.1, -0.05) is 43.5 Å². The molecule has 0 aliphatic carbocycles. The topological polar surface area (TPSA) is 80.8 Å². The first-order valence-electron chi connectivity index (χ1n) is 11.3. The summed E-state index contributed by atoms with van der Waals surface area (Å²) >= 11 is 4.42. The van der Waals surface area contributed by atoms with Crippen LogP contribution in [0, 0.1) is 11.6 Å². The van der Waals surface area contributed by atoms with Gasteiger partial charge in [0.15, 0.2) is 5.82 Å². The number of rotatable bonds is 10. The predicted molar refractivity (Wildman–Crippen MR) is 137 cm³/mol. The number of anilines is 1. The van der Waals surface area contributed by atoms with Gasteiger partial charge < -0.3 is 9.54 Å². The Morgan fingerprint density at radius 1 is 1.11 bits per heavy atom. The highest BCUT2D eigenvalue weighted by Crippen LogP contribution is 2.30. The number of hydrogen-bond acceptors (Lipinski definition) is 4. The number of carbonyl (C=O) groups is 1. The number of fused-ring (bicyclic) bond motifs is 1. The van der Waals surface area contributed by atoms with Crippen molar-refractivity contribution in [1.82, 2.24) is 9.97 Å². The Balaban J connectivity index is 1.63. The Morgan fingerprint density at radius 2 is 1.89 bits per heavy atom. The minimum atomic E-state index is -1.55. The van der Waals surface area contributed by atoms with Crippen LogP contribution >= 0.6 is 11.6 Å². The molecule has 0 saturated heterocycles. The van der Waals surface area contributed by atoms with Crippen LogP contribution in [0.1, 0.15) is 48.5 Å². The fraction of sp³-hybridized carbons (Fsp3) is 0.231. The fourth-order valence-corrected chi connectivity index (χ4v) is 4.90. The molecular weight excluding hydrogens is 492 g/mol. The Bertz CT molecular complexity index is 1340. The number of pyridine rings is 1. The van der Waals surface area contributed by atoms with E-state index in [9.17, 15) is 13.7 Å². The quantitative estimate of drug-likeness (QED) is 0.135. The number of carbonyl (C=O) groups excluding carboxylic acids is 1. The van der Waals surface area contributed by atoms with Gasteiger partial charge in [-0.15, -0.1) is 0 Å². The van der Waals surface area contributed by atoms with Crippen molar-refractivity contribution in [1.29, 1.82) is 0 Å². The number of nitrogens with zero attached hydrogens (tertiary/aromatic N) is 1. The van der Waals surface area contributed by atoms with Crippen molar-refractivity contribution in [3.05, 3.63) is 82.6 Å². The number of aromatic amines is 1. The van der Waals surface area contributed by atoms with Gasteiger partial charge in [0.1, 0.15) is 22.9 Å². The van der Waals surface area contributed by atoms with Gasteiger partial charge in [0.2, 0.25) is 5.78 Å². The molecule has 0 aliphatic rings. The molecule has 4 rings (SSSR count). The van der Waals surface area contributed by atoms with Crippen LogP contribution in [0.2, 0.25) is 5.02 Å². The van der Waals surface area contributed by atoms with Crippen LogP contribution in [0.25, 0.3) is 22.2 Å². The maximum Gasteiger partial charge on any atom is 0.201 e. The standard InChI is InChI=1S/C26H24ClF2N3O2S/c1-2-3-4-5-12-35(34)32-22-11-10-21(28)23(24(22)29)25(33)20-15-31-26-19(20)13-17(14-30-26)16-6-8-18(27)9-7-16/h6-11,13-15,32H,2-5,12H2,1H3,(H,30,31). The number of unbranched alkanes of at least 4 members (excludes halogenated alkanes) is 3. The molecule has 35 heavy (non-hydrogen) atoms. The second-order valence-corrected chi connectivity index (χ2v) is 9.89. The molecule has 2 aromatic heterocycles. The average Bonchev–Trinajstić information content (AvgIpc) is 3.27. The molecule has 2 N–H and O–H groups in total. The van der Waals surface area contributed by atoms with Crippen LogP contribution in [-0.4, -0.2) is 26.1 Å². The lowest BCUT2D eigenvalue weighted by Gasteiger charge is -2.14. The summed E-state index contributed by atoms with van der Waals surface area (Å²) in [5.74, 6) is -2.57. The monoisotopic (exact) mass is 515 g/mol. The highest BCUT2D eigenvalue weighted by atomic mass is 35.5. The molecular formula is C26H24ClF2N3O2S. The number of ketones is 1. The molecule has 182 valence electrons. The second kappa shape index (κ2) is 11.2. The number of aromatic nitrogens is 2. The molecule has 0 radical (unpaired) electrons. The minimum Gasteiger partial charge on any atom is -0.593 e. The summed E-state index contributed by atoms with van der Waals surface area (Å²) in [5, 5.41) is 1.01. The van der Waals surface area contributed by atoms with Crippen LogP contribution in [0.5, 0.6) is 0 Å². The molecule has 5 nitrogen and oxygen atoms in total. The van der Waals surface area contributed by atoms with E-state index in [1.807, 2.05) is 12.1 Å². The summed E-state index contributed by atoms with van der Waals surface area (Å²) in [5.41, 5.74) is 1.15. The molecule has 9 heteroatoms. The van der Waals surface area contributed by atoms with Crippen molar-refractivity contribution >= 4 is 45.5 Å². The van der Waals surface area contributed by atoms with E-state index in [1.54, 1.807) is 24.4 Å². The summed E-state index contributed by atoms with van der Waals surface area (Å²) in [6, 6.07) is 11.0. The van der Waals surface area contributed by atoms with Crippen molar-refractivity contribution in [3.63, 3.8) is 0 Å². The van der Waals surface area contributed by atoms with Crippen LogP contribution < -0.4 is 4.72 Å². The van der Waals surface area contributed by atoms with Crippen molar-refractivity contribution in [2.45, 2.75) is 32.6 Å².